The molecule has 1 saturated carbocycles. The van der Waals surface area contributed by atoms with Crippen LogP contribution in [0.5, 0.6) is 0 Å². The molecular formula is C14H16F3NO. The van der Waals surface area contributed by atoms with E-state index in [9.17, 15) is 18.0 Å². The van der Waals surface area contributed by atoms with Crippen LogP contribution in [-0.4, -0.2) is 17.9 Å². The van der Waals surface area contributed by atoms with Crippen LogP contribution in [0.1, 0.15) is 30.4 Å². The Morgan fingerprint density at radius 3 is 2.47 bits per heavy atom. The number of nitrogens with zero attached hydrogens (tertiary/aromatic N) is 1. The maximum absolute atomic E-state index is 12.8. The maximum Gasteiger partial charge on any atom is 0.416 e. The van der Waals surface area contributed by atoms with Gasteiger partial charge in [-0.2, -0.15) is 13.2 Å². The van der Waals surface area contributed by atoms with Gasteiger partial charge in [-0.3, -0.25) is 4.79 Å². The predicted octanol–water partition coefficient (Wildman–Crippen LogP) is 3.46. The van der Waals surface area contributed by atoms with E-state index in [0.29, 0.717) is 0 Å². The smallest absolute Gasteiger partial charge is 0.341 e. The Morgan fingerprint density at radius 2 is 1.95 bits per heavy atom. The summed E-state index contributed by atoms with van der Waals surface area (Å²) < 4.78 is 38.5. The molecule has 0 aliphatic heterocycles. The number of hydrogen-bond acceptors (Lipinski definition) is 1. The van der Waals surface area contributed by atoms with Crippen molar-refractivity contribution in [2.24, 2.45) is 5.92 Å². The lowest BCUT2D eigenvalue weighted by atomic mass is 9.84. The predicted molar refractivity (Wildman–Crippen MR) is 65.3 cm³/mol. The van der Waals surface area contributed by atoms with Gasteiger partial charge in [-0.25, -0.2) is 0 Å². The molecule has 0 N–H and O–H groups in total. The van der Waals surface area contributed by atoms with Gasteiger partial charge < -0.3 is 4.90 Å². The molecule has 0 atom stereocenters. The summed E-state index contributed by atoms with van der Waals surface area (Å²) in [6.45, 7) is 0.00498. The highest BCUT2D eigenvalue weighted by molar-refractivity contribution is 5.79. The summed E-state index contributed by atoms with van der Waals surface area (Å²) in [6, 6.07) is 5.40. The Balaban J connectivity index is 2.12. The summed E-state index contributed by atoms with van der Waals surface area (Å²) in [5, 5.41) is 0. The number of carbonyl (C=O) groups excluding carboxylic acids is 1. The molecule has 0 saturated heterocycles. The highest BCUT2D eigenvalue weighted by atomic mass is 19.4. The number of hydrogen-bond donors (Lipinski definition) is 0. The Kier molecular flexibility index (Phi) is 3.83. The van der Waals surface area contributed by atoms with Crippen LogP contribution in [0.2, 0.25) is 0 Å². The minimum atomic E-state index is -4.38. The van der Waals surface area contributed by atoms with Gasteiger partial charge in [0.15, 0.2) is 0 Å². The van der Waals surface area contributed by atoms with Crippen molar-refractivity contribution in [3.05, 3.63) is 35.4 Å². The van der Waals surface area contributed by atoms with E-state index in [0.717, 1.165) is 25.3 Å². The van der Waals surface area contributed by atoms with Crippen LogP contribution < -0.4 is 0 Å². The maximum atomic E-state index is 12.8. The van der Waals surface area contributed by atoms with Crippen molar-refractivity contribution in [2.45, 2.75) is 32.0 Å². The molecule has 0 aromatic heterocycles. The third-order valence-electron chi connectivity index (χ3n) is 3.56. The number of benzene rings is 1. The average Bonchev–Trinajstić information content (AvgIpc) is 2.25. The Bertz CT molecular complexity index is 466. The Morgan fingerprint density at radius 1 is 1.32 bits per heavy atom. The first kappa shape index (κ1) is 13.9. The van der Waals surface area contributed by atoms with E-state index in [2.05, 4.69) is 0 Å². The van der Waals surface area contributed by atoms with Crippen molar-refractivity contribution in [1.82, 2.24) is 4.90 Å². The van der Waals surface area contributed by atoms with E-state index in [1.165, 1.54) is 17.0 Å². The third-order valence-corrected chi connectivity index (χ3v) is 3.56. The van der Waals surface area contributed by atoms with Gasteiger partial charge in [0.05, 0.1) is 5.56 Å². The van der Waals surface area contributed by atoms with Crippen molar-refractivity contribution in [2.75, 3.05) is 7.05 Å². The standard InChI is InChI=1S/C14H16F3NO/c1-18(13(19)10-6-4-7-10)9-11-5-2-3-8-12(11)14(15,16)17/h2-3,5,8,10H,4,6-7,9H2,1H3. The molecule has 1 amide bonds. The molecule has 0 bridgehead atoms. The topological polar surface area (TPSA) is 20.3 Å². The molecule has 0 radical (unpaired) electrons. The fourth-order valence-corrected chi connectivity index (χ4v) is 2.24. The normalized spacial score (nSPS) is 16.0. The highest BCUT2D eigenvalue weighted by Gasteiger charge is 2.34. The van der Waals surface area contributed by atoms with Gasteiger partial charge in [-0.05, 0) is 24.5 Å². The second-order valence-electron chi connectivity index (χ2n) is 4.98. The molecule has 1 aliphatic rings. The lowest BCUT2D eigenvalue weighted by Gasteiger charge is -2.29. The Hall–Kier alpha value is -1.52. The van der Waals surface area contributed by atoms with Gasteiger partial charge >= 0.3 is 6.18 Å². The first-order chi connectivity index (χ1) is 8.89. The SMILES string of the molecule is CN(Cc1ccccc1C(F)(F)F)C(=O)C1CCC1. The largest absolute Gasteiger partial charge is 0.416 e. The van der Waals surface area contributed by atoms with Crippen molar-refractivity contribution in [3.63, 3.8) is 0 Å². The van der Waals surface area contributed by atoms with E-state index in [4.69, 9.17) is 0 Å². The number of halogens is 3. The summed E-state index contributed by atoms with van der Waals surface area (Å²) in [5.74, 6) is -0.0497. The Labute approximate surface area is 110 Å². The summed E-state index contributed by atoms with van der Waals surface area (Å²) in [4.78, 5) is 13.3. The van der Waals surface area contributed by atoms with Gasteiger partial charge in [0, 0.05) is 19.5 Å². The summed E-state index contributed by atoms with van der Waals surface area (Å²) in [5.41, 5.74) is -0.520. The molecule has 0 spiro atoms. The highest BCUT2D eigenvalue weighted by Crippen LogP contribution is 2.33. The van der Waals surface area contributed by atoms with Crippen molar-refractivity contribution < 1.29 is 18.0 Å². The summed E-state index contributed by atoms with van der Waals surface area (Å²) in [6.07, 6.45) is -1.64. The molecule has 0 unspecified atom stereocenters. The van der Waals surface area contributed by atoms with Gasteiger partial charge in [0.1, 0.15) is 0 Å². The molecule has 2 nitrogen and oxygen atoms in total. The molecule has 19 heavy (non-hydrogen) atoms. The second-order valence-corrected chi connectivity index (χ2v) is 4.98. The molecule has 1 aliphatic carbocycles. The second kappa shape index (κ2) is 5.23. The van der Waals surface area contributed by atoms with Crippen molar-refractivity contribution in [3.8, 4) is 0 Å². The van der Waals surface area contributed by atoms with E-state index in [1.807, 2.05) is 0 Å². The molecule has 1 fully saturated rings. The molecule has 1 aromatic carbocycles. The molecule has 2 rings (SSSR count). The molecule has 1 aromatic rings. The fraction of sp³-hybridized carbons (Fsp3) is 0.500. The first-order valence-electron chi connectivity index (χ1n) is 6.29. The first-order valence-corrected chi connectivity index (χ1v) is 6.29. The minimum Gasteiger partial charge on any atom is -0.341 e. The number of carbonyl (C=O) groups is 1. The molecule has 104 valence electrons. The van der Waals surface area contributed by atoms with Gasteiger partial charge in [0.2, 0.25) is 5.91 Å². The van der Waals surface area contributed by atoms with Crippen LogP contribution >= 0.6 is 0 Å². The van der Waals surface area contributed by atoms with E-state index in [-0.39, 0.29) is 23.9 Å². The van der Waals surface area contributed by atoms with Crippen LogP contribution in [0.4, 0.5) is 13.2 Å². The zero-order chi connectivity index (χ0) is 14.0. The van der Waals surface area contributed by atoms with E-state index in [1.54, 1.807) is 13.1 Å². The van der Waals surface area contributed by atoms with Crippen molar-refractivity contribution in [1.29, 1.82) is 0 Å². The fourth-order valence-electron chi connectivity index (χ4n) is 2.24. The lowest BCUT2D eigenvalue weighted by Crippen LogP contribution is -2.36. The van der Waals surface area contributed by atoms with Crippen LogP contribution in [0, 0.1) is 5.92 Å². The van der Waals surface area contributed by atoms with Gasteiger partial charge in [-0.1, -0.05) is 24.6 Å². The van der Waals surface area contributed by atoms with Crippen LogP contribution in [-0.2, 0) is 17.5 Å². The zero-order valence-electron chi connectivity index (χ0n) is 10.7. The van der Waals surface area contributed by atoms with Crippen LogP contribution in [0.25, 0.3) is 0 Å². The van der Waals surface area contributed by atoms with Crippen LogP contribution in [0.3, 0.4) is 0 Å². The number of alkyl halides is 3. The van der Waals surface area contributed by atoms with E-state index >= 15 is 0 Å². The van der Waals surface area contributed by atoms with Gasteiger partial charge in [-0.15, -0.1) is 0 Å². The average molecular weight is 271 g/mol. The lowest BCUT2D eigenvalue weighted by molar-refractivity contribution is -0.141. The van der Waals surface area contributed by atoms with Gasteiger partial charge in [0.25, 0.3) is 0 Å². The summed E-state index contributed by atoms with van der Waals surface area (Å²) >= 11 is 0. The van der Waals surface area contributed by atoms with Crippen LogP contribution in [0.15, 0.2) is 24.3 Å². The van der Waals surface area contributed by atoms with Crippen molar-refractivity contribution >= 4 is 5.91 Å². The molecule has 0 heterocycles. The summed E-state index contributed by atoms with van der Waals surface area (Å²) in [7, 11) is 1.56. The molecular weight excluding hydrogens is 255 g/mol. The third kappa shape index (κ3) is 3.08. The zero-order valence-corrected chi connectivity index (χ0v) is 10.7. The number of rotatable bonds is 3. The minimum absolute atomic E-state index is 0.00282. The monoisotopic (exact) mass is 271 g/mol. The quantitative estimate of drug-likeness (QED) is 0.824. The van der Waals surface area contributed by atoms with E-state index < -0.39 is 11.7 Å². The number of amides is 1. The molecule has 5 heteroatoms.